The zero-order valence-electron chi connectivity index (χ0n) is 11.6. The Balaban J connectivity index is 2.35. The summed E-state index contributed by atoms with van der Waals surface area (Å²) in [5.41, 5.74) is 2.20. The van der Waals surface area contributed by atoms with Gasteiger partial charge < -0.3 is 15.1 Å². The second-order valence-corrected chi connectivity index (χ2v) is 4.68. The van der Waals surface area contributed by atoms with E-state index in [4.69, 9.17) is 10.2 Å². The average molecular weight is 261 g/mol. The maximum Gasteiger partial charge on any atom is 0.104 e. The van der Waals surface area contributed by atoms with Crippen LogP contribution in [0.1, 0.15) is 30.4 Å². The summed E-state index contributed by atoms with van der Waals surface area (Å²) >= 11 is 0. The fourth-order valence-corrected chi connectivity index (χ4v) is 1.90. The first-order valence-corrected chi connectivity index (χ1v) is 6.74. The summed E-state index contributed by atoms with van der Waals surface area (Å²) in [6.07, 6.45) is 3.10. The molecule has 104 valence electrons. The molecule has 0 saturated heterocycles. The molecule has 0 radical (unpaired) electrons. The third-order valence-electron chi connectivity index (χ3n) is 2.92. The van der Waals surface area contributed by atoms with E-state index in [-0.39, 0.29) is 6.61 Å². The molecule has 3 nitrogen and oxygen atoms in total. The highest BCUT2D eigenvalue weighted by atomic mass is 16.3. The molecule has 0 aromatic heterocycles. The Morgan fingerprint density at radius 3 is 2.42 bits per heavy atom. The molecular formula is C16H23NO2. The maximum absolute atomic E-state index is 8.71. The fourth-order valence-electron chi connectivity index (χ4n) is 1.90. The van der Waals surface area contributed by atoms with E-state index in [0.717, 1.165) is 37.9 Å². The minimum atomic E-state index is -0.0989. The highest BCUT2D eigenvalue weighted by Gasteiger charge is 2.00. The number of hydrogen-bond donors (Lipinski definition) is 2. The zero-order valence-corrected chi connectivity index (χ0v) is 11.6. The van der Waals surface area contributed by atoms with E-state index in [0.29, 0.717) is 6.61 Å². The van der Waals surface area contributed by atoms with Gasteiger partial charge in [-0.15, -0.1) is 0 Å². The van der Waals surface area contributed by atoms with Gasteiger partial charge in [0.05, 0.1) is 0 Å². The standard InChI is InChI=1S/C16H23NO2/c1-17(11-3-2-4-12-18)14-16-9-7-15(8-10-16)6-5-13-19/h7-10,18-19H,2-4,11-14H2,1H3. The van der Waals surface area contributed by atoms with Crippen LogP contribution in [0.2, 0.25) is 0 Å². The lowest BCUT2D eigenvalue weighted by molar-refractivity contribution is 0.271. The molecule has 2 N–H and O–H groups in total. The van der Waals surface area contributed by atoms with Gasteiger partial charge in [-0.2, -0.15) is 0 Å². The molecule has 0 aliphatic heterocycles. The molecule has 0 spiro atoms. The Kier molecular flexibility index (Phi) is 7.92. The number of rotatable bonds is 7. The Morgan fingerprint density at radius 1 is 1.05 bits per heavy atom. The summed E-state index contributed by atoms with van der Waals surface area (Å²) in [4.78, 5) is 2.28. The number of hydrogen-bond acceptors (Lipinski definition) is 3. The first-order chi connectivity index (χ1) is 9.26. The molecule has 1 aromatic carbocycles. The SMILES string of the molecule is CN(CCCCCO)Cc1ccc(C#CCO)cc1. The van der Waals surface area contributed by atoms with E-state index >= 15 is 0 Å². The van der Waals surface area contributed by atoms with Crippen molar-refractivity contribution in [2.24, 2.45) is 0 Å². The van der Waals surface area contributed by atoms with Gasteiger partial charge in [-0.05, 0) is 50.6 Å². The van der Waals surface area contributed by atoms with Gasteiger partial charge in [-0.3, -0.25) is 0 Å². The van der Waals surface area contributed by atoms with Crippen LogP contribution in [0.5, 0.6) is 0 Å². The Hall–Kier alpha value is -1.34. The average Bonchev–Trinajstić information content (AvgIpc) is 2.43. The van der Waals surface area contributed by atoms with Crippen molar-refractivity contribution in [2.75, 3.05) is 26.8 Å². The van der Waals surface area contributed by atoms with Gasteiger partial charge in [0.2, 0.25) is 0 Å². The minimum Gasteiger partial charge on any atom is -0.396 e. The number of benzene rings is 1. The van der Waals surface area contributed by atoms with E-state index in [9.17, 15) is 0 Å². The van der Waals surface area contributed by atoms with Crippen LogP contribution in [0.25, 0.3) is 0 Å². The summed E-state index contributed by atoms with van der Waals surface area (Å²) in [6, 6.07) is 8.12. The predicted octanol–water partition coefficient (Wildman–Crippen LogP) is 1.62. The summed E-state index contributed by atoms with van der Waals surface area (Å²) in [5.74, 6) is 5.53. The first-order valence-electron chi connectivity index (χ1n) is 6.74. The highest BCUT2D eigenvalue weighted by Crippen LogP contribution is 2.07. The van der Waals surface area contributed by atoms with Gasteiger partial charge in [0, 0.05) is 18.7 Å². The van der Waals surface area contributed by atoms with Gasteiger partial charge in [0.1, 0.15) is 6.61 Å². The van der Waals surface area contributed by atoms with Crippen molar-refractivity contribution in [3.63, 3.8) is 0 Å². The molecule has 0 saturated carbocycles. The topological polar surface area (TPSA) is 43.7 Å². The monoisotopic (exact) mass is 261 g/mol. The number of nitrogens with zero attached hydrogens (tertiary/aromatic N) is 1. The highest BCUT2D eigenvalue weighted by molar-refractivity contribution is 5.36. The Bertz CT molecular complexity index is 403. The minimum absolute atomic E-state index is 0.0989. The van der Waals surface area contributed by atoms with E-state index in [2.05, 4.69) is 35.9 Å². The molecular weight excluding hydrogens is 238 g/mol. The van der Waals surface area contributed by atoms with Crippen LogP contribution in [0.4, 0.5) is 0 Å². The van der Waals surface area contributed by atoms with Crippen LogP contribution < -0.4 is 0 Å². The number of aliphatic hydroxyl groups is 2. The van der Waals surface area contributed by atoms with E-state index in [1.807, 2.05) is 12.1 Å². The molecule has 3 heteroatoms. The first kappa shape index (κ1) is 15.7. The van der Waals surface area contributed by atoms with Crippen molar-refractivity contribution in [1.82, 2.24) is 4.90 Å². The fraction of sp³-hybridized carbons (Fsp3) is 0.500. The lowest BCUT2D eigenvalue weighted by Gasteiger charge is -2.16. The predicted molar refractivity (Wildman–Crippen MR) is 77.7 cm³/mol. The zero-order chi connectivity index (χ0) is 13.9. The molecule has 1 aromatic rings. The van der Waals surface area contributed by atoms with Gasteiger partial charge in [-0.25, -0.2) is 0 Å². The van der Waals surface area contributed by atoms with Crippen molar-refractivity contribution >= 4 is 0 Å². The van der Waals surface area contributed by atoms with Gasteiger partial charge in [0.25, 0.3) is 0 Å². The molecule has 0 amide bonds. The molecule has 0 bridgehead atoms. The Labute approximate surface area is 115 Å². The van der Waals surface area contributed by atoms with Crippen molar-refractivity contribution in [3.8, 4) is 11.8 Å². The van der Waals surface area contributed by atoms with Crippen molar-refractivity contribution < 1.29 is 10.2 Å². The normalized spacial score (nSPS) is 10.3. The molecule has 1 rings (SSSR count). The lowest BCUT2D eigenvalue weighted by atomic mass is 10.1. The van der Waals surface area contributed by atoms with E-state index in [1.165, 1.54) is 5.56 Å². The largest absolute Gasteiger partial charge is 0.396 e. The lowest BCUT2D eigenvalue weighted by Crippen LogP contribution is -2.19. The molecule has 0 fully saturated rings. The van der Waals surface area contributed by atoms with Crippen LogP contribution in [0.3, 0.4) is 0 Å². The second kappa shape index (κ2) is 9.57. The van der Waals surface area contributed by atoms with Gasteiger partial charge >= 0.3 is 0 Å². The third-order valence-corrected chi connectivity index (χ3v) is 2.92. The van der Waals surface area contributed by atoms with Crippen LogP contribution >= 0.6 is 0 Å². The molecule has 0 aliphatic rings. The number of aliphatic hydroxyl groups excluding tert-OH is 2. The van der Waals surface area contributed by atoms with Crippen LogP contribution in [0, 0.1) is 11.8 Å². The smallest absolute Gasteiger partial charge is 0.104 e. The summed E-state index contributed by atoms with van der Waals surface area (Å²) < 4.78 is 0. The van der Waals surface area contributed by atoms with Crippen LogP contribution in [0.15, 0.2) is 24.3 Å². The summed E-state index contributed by atoms with van der Waals surface area (Å²) in [6.45, 7) is 2.16. The van der Waals surface area contributed by atoms with Crippen LogP contribution in [-0.4, -0.2) is 41.9 Å². The molecule has 0 heterocycles. The maximum atomic E-state index is 8.71. The summed E-state index contributed by atoms with van der Waals surface area (Å²) in [5, 5.41) is 17.3. The van der Waals surface area contributed by atoms with Crippen molar-refractivity contribution in [3.05, 3.63) is 35.4 Å². The van der Waals surface area contributed by atoms with E-state index in [1.54, 1.807) is 0 Å². The molecule has 0 aliphatic carbocycles. The molecule has 19 heavy (non-hydrogen) atoms. The summed E-state index contributed by atoms with van der Waals surface area (Å²) in [7, 11) is 2.11. The Morgan fingerprint density at radius 2 is 1.79 bits per heavy atom. The molecule has 0 unspecified atom stereocenters. The number of unbranched alkanes of at least 4 members (excludes halogenated alkanes) is 2. The van der Waals surface area contributed by atoms with Gasteiger partial charge in [-0.1, -0.05) is 24.0 Å². The van der Waals surface area contributed by atoms with Gasteiger partial charge in [0.15, 0.2) is 0 Å². The van der Waals surface area contributed by atoms with Crippen molar-refractivity contribution in [2.45, 2.75) is 25.8 Å². The second-order valence-electron chi connectivity index (χ2n) is 4.68. The van der Waals surface area contributed by atoms with Crippen LogP contribution in [-0.2, 0) is 6.54 Å². The van der Waals surface area contributed by atoms with Crippen molar-refractivity contribution in [1.29, 1.82) is 0 Å². The third kappa shape index (κ3) is 6.97. The quantitative estimate of drug-likeness (QED) is 0.579. The molecule has 0 atom stereocenters. The van der Waals surface area contributed by atoms with E-state index < -0.39 is 0 Å².